The molecule has 2 rings (SSSR count). The van der Waals surface area contributed by atoms with E-state index in [0.717, 1.165) is 11.9 Å². The minimum atomic E-state index is 0.545. The van der Waals surface area contributed by atoms with Gasteiger partial charge in [0.25, 0.3) is 0 Å². The Hall–Kier alpha value is 0.660. The summed E-state index contributed by atoms with van der Waals surface area (Å²) in [6, 6.07) is 0. The lowest BCUT2D eigenvalue weighted by Crippen LogP contribution is -2.25. The van der Waals surface area contributed by atoms with Gasteiger partial charge in [-0.2, -0.15) is 11.8 Å². The molecule has 0 saturated carbocycles. The molecule has 0 aliphatic carbocycles. The molecule has 2 fully saturated rings. The third kappa shape index (κ3) is 1.23. The minimum absolute atomic E-state index is 0.545. The Bertz CT molecular complexity index is 95.2. The molecule has 9 heavy (non-hydrogen) atoms. The normalized spacial score (nSPS) is 42.7. The van der Waals surface area contributed by atoms with Gasteiger partial charge in [-0.25, -0.2) is 0 Å². The van der Waals surface area contributed by atoms with Gasteiger partial charge in [0.15, 0.2) is 0 Å². The number of rotatable bonds is 0. The molecule has 0 amide bonds. The van der Waals surface area contributed by atoms with E-state index < -0.39 is 0 Å². The van der Waals surface area contributed by atoms with Gasteiger partial charge in [0, 0.05) is 11.0 Å². The van der Waals surface area contributed by atoms with Crippen LogP contribution in [0.25, 0.3) is 0 Å². The summed E-state index contributed by atoms with van der Waals surface area (Å²) in [5.41, 5.74) is 0.545. The van der Waals surface area contributed by atoms with E-state index in [-0.39, 0.29) is 0 Å². The average Bonchev–Trinajstić information content (AvgIpc) is 2.33. The molecule has 2 heterocycles. The van der Waals surface area contributed by atoms with Crippen molar-refractivity contribution in [2.45, 2.75) is 17.1 Å². The molecule has 0 spiro atoms. The summed E-state index contributed by atoms with van der Waals surface area (Å²) in [4.78, 5) is 0. The second-order valence-corrected chi connectivity index (χ2v) is 4.86. The summed E-state index contributed by atoms with van der Waals surface area (Å²) in [5, 5.41) is 0.823. The van der Waals surface area contributed by atoms with Crippen LogP contribution in [0.5, 0.6) is 0 Å². The van der Waals surface area contributed by atoms with E-state index in [1.165, 1.54) is 17.9 Å². The lowest BCUT2D eigenvalue weighted by atomic mass is 10.3. The van der Waals surface area contributed by atoms with E-state index in [0.29, 0.717) is 5.44 Å². The third-order valence-corrected chi connectivity index (χ3v) is 4.44. The number of hydrogen-bond acceptors (Lipinski definition) is 3. The zero-order valence-electron chi connectivity index (χ0n) is 5.21. The first-order chi connectivity index (χ1) is 4.47. The first-order valence-electron chi connectivity index (χ1n) is 3.31. The Kier molecular flexibility index (Phi) is 1.93. The van der Waals surface area contributed by atoms with E-state index >= 15 is 0 Å². The summed E-state index contributed by atoms with van der Waals surface area (Å²) < 4.78 is 5.54. The van der Waals surface area contributed by atoms with Crippen LogP contribution in [0, 0.1) is 0 Å². The Morgan fingerprint density at radius 1 is 1.22 bits per heavy atom. The predicted molar refractivity (Wildman–Crippen MR) is 43.1 cm³/mol. The van der Waals surface area contributed by atoms with Crippen molar-refractivity contribution in [2.24, 2.45) is 0 Å². The molecule has 0 aromatic heterocycles. The fourth-order valence-electron chi connectivity index (χ4n) is 1.22. The van der Waals surface area contributed by atoms with Gasteiger partial charge in [0.2, 0.25) is 0 Å². The van der Waals surface area contributed by atoms with Gasteiger partial charge in [-0.1, -0.05) is 0 Å². The predicted octanol–water partition coefficient (Wildman–Crippen LogP) is 1.58. The first-order valence-corrected chi connectivity index (χ1v) is 5.41. The van der Waals surface area contributed by atoms with Crippen molar-refractivity contribution in [3.05, 3.63) is 0 Å². The quantitative estimate of drug-likeness (QED) is 0.535. The summed E-state index contributed by atoms with van der Waals surface area (Å²) in [5.74, 6) is 2.52. The molecule has 2 atom stereocenters. The molecule has 1 nitrogen and oxygen atoms in total. The molecular formula is C6H10OS2. The lowest BCUT2D eigenvalue weighted by Gasteiger charge is -2.23. The molecule has 2 aliphatic heterocycles. The molecule has 0 unspecified atom stereocenters. The summed E-state index contributed by atoms with van der Waals surface area (Å²) in [7, 11) is 0. The van der Waals surface area contributed by atoms with Gasteiger partial charge in [-0.15, -0.1) is 11.8 Å². The fourth-order valence-corrected chi connectivity index (χ4v) is 4.03. The van der Waals surface area contributed by atoms with E-state index in [1.807, 2.05) is 11.8 Å². The second kappa shape index (κ2) is 2.72. The number of ether oxygens (including phenoxy) is 1. The number of hydrogen-bond donors (Lipinski definition) is 0. The smallest absolute Gasteiger partial charge is 0.115 e. The number of fused-ring (bicyclic) bond motifs is 1. The first kappa shape index (κ1) is 6.38. The molecule has 0 N–H and O–H groups in total. The zero-order valence-corrected chi connectivity index (χ0v) is 6.84. The largest absolute Gasteiger partial charge is 0.366 e. The van der Waals surface area contributed by atoms with Crippen molar-refractivity contribution in [1.29, 1.82) is 0 Å². The van der Waals surface area contributed by atoms with Crippen LogP contribution in [0.1, 0.15) is 6.42 Å². The van der Waals surface area contributed by atoms with Crippen LogP contribution in [-0.2, 0) is 4.74 Å². The maximum atomic E-state index is 5.54. The number of thioether (sulfide) groups is 2. The molecule has 0 radical (unpaired) electrons. The van der Waals surface area contributed by atoms with Gasteiger partial charge in [0.05, 0.1) is 6.61 Å². The van der Waals surface area contributed by atoms with Crippen LogP contribution < -0.4 is 0 Å². The second-order valence-electron chi connectivity index (χ2n) is 2.31. The van der Waals surface area contributed by atoms with Gasteiger partial charge in [-0.3, -0.25) is 0 Å². The van der Waals surface area contributed by atoms with Gasteiger partial charge < -0.3 is 4.74 Å². The highest BCUT2D eigenvalue weighted by Crippen LogP contribution is 2.38. The molecule has 3 heteroatoms. The van der Waals surface area contributed by atoms with E-state index in [2.05, 4.69) is 11.8 Å². The van der Waals surface area contributed by atoms with Gasteiger partial charge >= 0.3 is 0 Å². The molecule has 52 valence electrons. The molecule has 0 aromatic carbocycles. The summed E-state index contributed by atoms with van der Waals surface area (Å²) >= 11 is 4.07. The topological polar surface area (TPSA) is 9.23 Å². The Labute approximate surface area is 63.9 Å². The van der Waals surface area contributed by atoms with Crippen LogP contribution >= 0.6 is 23.5 Å². The average molecular weight is 162 g/mol. The third-order valence-electron chi connectivity index (χ3n) is 1.69. The Balaban J connectivity index is 1.97. The lowest BCUT2D eigenvalue weighted by molar-refractivity contribution is 0.122. The van der Waals surface area contributed by atoms with Crippen LogP contribution in [-0.4, -0.2) is 28.8 Å². The van der Waals surface area contributed by atoms with Crippen LogP contribution in [0.2, 0.25) is 0 Å². The van der Waals surface area contributed by atoms with Gasteiger partial charge in [-0.05, 0) is 12.2 Å². The monoisotopic (exact) mass is 162 g/mol. The SMILES string of the molecule is C1CS[C@H]2CCS[C@H]2O1. The standard InChI is InChI=1S/C6H10OS2/c1-3-9-6-5(1)8-4-2-7-6/h5-6H,1-4H2/t5-,6+/m0/s1. The molecule has 0 aromatic rings. The molecule has 0 bridgehead atoms. The Morgan fingerprint density at radius 2 is 2.22 bits per heavy atom. The van der Waals surface area contributed by atoms with Crippen LogP contribution in [0.4, 0.5) is 0 Å². The van der Waals surface area contributed by atoms with E-state index in [4.69, 9.17) is 4.74 Å². The maximum absolute atomic E-state index is 5.54. The molecule has 2 saturated heterocycles. The van der Waals surface area contributed by atoms with Crippen molar-refractivity contribution in [1.82, 2.24) is 0 Å². The Morgan fingerprint density at radius 3 is 3.11 bits per heavy atom. The highest BCUT2D eigenvalue weighted by Gasteiger charge is 2.31. The maximum Gasteiger partial charge on any atom is 0.115 e. The minimum Gasteiger partial charge on any atom is -0.366 e. The van der Waals surface area contributed by atoms with Crippen molar-refractivity contribution in [2.75, 3.05) is 18.1 Å². The highest BCUT2D eigenvalue weighted by atomic mass is 32.2. The molecular weight excluding hydrogens is 152 g/mol. The highest BCUT2D eigenvalue weighted by molar-refractivity contribution is 8.04. The van der Waals surface area contributed by atoms with E-state index in [1.54, 1.807) is 0 Å². The van der Waals surface area contributed by atoms with Crippen LogP contribution in [0.3, 0.4) is 0 Å². The van der Waals surface area contributed by atoms with Crippen molar-refractivity contribution in [3.8, 4) is 0 Å². The summed E-state index contributed by atoms with van der Waals surface area (Å²) in [6.07, 6.45) is 1.36. The van der Waals surface area contributed by atoms with Gasteiger partial charge in [0.1, 0.15) is 5.44 Å². The van der Waals surface area contributed by atoms with Crippen molar-refractivity contribution >= 4 is 23.5 Å². The molecule has 2 aliphatic rings. The summed E-state index contributed by atoms with van der Waals surface area (Å²) in [6.45, 7) is 0.971. The zero-order chi connectivity index (χ0) is 6.10. The fraction of sp³-hybridized carbons (Fsp3) is 1.00. The van der Waals surface area contributed by atoms with Crippen LogP contribution in [0.15, 0.2) is 0 Å². The van der Waals surface area contributed by atoms with E-state index in [9.17, 15) is 0 Å². The van der Waals surface area contributed by atoms with Crippen molar-refractivity contribution < 1.29 is 4.74 Å². The van der Waals surface area contributed by atoms with Crippen molar-refractivity contribution in [3.63, 3.8) is 0 Å².